The maximum Gasteiger partial charge on any atom is 0.270 e. The molecule has 0 aliphatic carbocycles. The summed E-state index contributed by atoms with van der Waals surface area (Å²) in [6.07, 6.45) is 0. The number of rotatable bonds is 7. The van der Waals surface area contributed by atoms with E-state index in [4.69, 9.17) is 4.74 Å². The summed E-state index contributed by atoms with van der Waals surface area (Å²) in [6, 6.07) is 4.36. The Labute approximate surface area is 111 Å². The van der Waals surface area contributed by atoms with Crippen molar-refractivity contribution in [2.45, 2.75) is 13.5 Å². The predicted molar refractivity (Wildman–Crippen MR) is 70.0 cm³/mol. The van der Waals surface area contributed by atoms with E-state index in [0.29, 0.717) is 24.4 Å². The number of hydrogen-bond donors (Lipinski definition) is 2. The zero-order valence-corrected chi connectivity index (χ0v) is 10.9. The molecule has 0 aromatic heterocycles. The van der Waals surface area contributed by atoms with Gasteiger partial charge in [-0.25, -0.2) is 0 Å². The largest absolute Gasteiger partial charge is 0.496 e. The van der Waals surface area contributed by atoms with Crippen LogP contribution in [0.15, 0.2) is 18.2 Å². The molecule has 0 atom stereocenters. The van der Waals surface area contributed by atoms with Crippen LogP contribution in [-0.4, -0.2) is 31.0 Å². The van der Waals surface area contributed by atoms with Crippen LogP contribution in [0.5, 0.6) is 5.75 Å². The lowest BCUT2D eigenvalue weighted by atomic mass is 10.1. The van der Waals surface area contributed by atoms with Gasteiger partial charge in [-0.3, -0.25) is 14.9 Å². The molecular formula is C12H17N3O4. The van der Waals surface area contributed by atoms with E-state index in [2.05, 4.69) is 10.6 Å². The normalized spacial score (nSPS) is 10.0. The van der Waals surface area contributed by atoms with Crippen LogP contribution >= 0.6 is 0 Å². The van der Waals surface area contributed by atoms with Gasteiger partial charge >= 0.3 is 0 Å². The molecule has 7 heteroatoms. The average molecular weight is 267 g/mol. The van der Waals surface area contributed by atoms with Crippen molar-refractivity contribution in [2.75, 3.05) is 20.2 Å². The molecule has 104 valence electrons. The van der Waals surface area contributed by atoms with Gasteiger partial charge in [0.2, 0.25) is 5.91 Å². The number of nitro benzene ring substituents is 1. The topological polar surface area (TPSA) is 93.5 Å². The molecule has 0 bridgehead atoms. The minimum absolute atomic E-state index is 0.00407. The lowest BCUT2D eigenvalue weighted by molar-refractivity contribution is -0.384. The summed E-state index contributed by atoms with van der Waals surface area (Å²) >= 11 is 0. The van der Waals surface area contributed by atoms with Gasteiger partial charge < -0.3 is 15.4 Å². The van der Waals surface area contributed by atoms with Gasteiger partial charge in [-0.1, -0.05) is 0 Å². The van der Waals surface area contributed by atoms with Crippen LogP contribution in [-0.2, 0) is 11.3 Å². The molecule has 0 unspecified atom stereocenters. The van der Waals surface area contributed by atoms with Crippen LogP contribution in [0.4, 0.5) is 5.69 Å². The fraction of sp³-hybridized carbons (Fsp3) is 0.417. The fourth-order valence-corrected chi connectivity index (χ4v) is 1.59. The van der Waals surface area contributed by atoms with E-state index in [0.717, 1.165) is 0 Å². The second-order valence-corrected chi connectivity index (χ2v) is 3.81. The summed E-state index contributed by atoms with van der Waals surface area (Å²) < 4.78 is 5.12. The fourth-order valence-electron chi connectivity index (χ4n) is 1.59. The molecule has 0 saturated carbocycles. The third kappa shape index (κ3) is 4.55. The van der Waals surface area contributed by atoms with E-state index in [1.165, 1.54) is 19.2 Å². The standard InChI is InChI=1S/C12H17N3O4/c1-3-14-12(16)8-13-7-9-6-10(15(17)18)4-5-11(9)19-2/h4-6,13H,3,7-8H2,1-2H3,(H,14,16). The number of carbonyl (C=O) groups excluding carboxylic acids is 1. The van der Waals surface area contributed by atoms with E-state index >= 15 is 0 Å². The second kappa shape index (κ2) is 7.32. The van der Waals surface area contributed by atoms with E-state index < -0.39 is 4.92 Å². The Hall–Kier alpha value is -2.15. The number of ether oxygens (including phenoxy) is 1. The Morgan fingerprint density at radius 2 is 2.21 bits per heavy atom. The number of nitro groups is 1. The van der Waals surface area contributed by atoms with Crippen molar-refractivity contribution in [1.29, 1.82) is 0 Å². The van der Waals surface area contributed by atoms with E-state index in [1.54, 1.807) is 6.07 Å². The molecule has 1 amide bonds. The smallest absolute Gasteiger partial charge is 0.270 e. The number of hydrogen-bond acceptors (Lipinski definition) is 5. The number of likely N-dealkylation sites (N-methyl/N-ethyl adjacent to an activating group) is 1. The maximum absolute atomic E-state index is 11.2. The highest BCUT2D eigenvalue weighted by molar-refractivity contribution is 5.77. The molecule has 0 heterocycles. The van der Waals surface area contributed by atoms with Crippen LogP contribution in [0.2, 0.25) is 0 Å². The monoisotopic (exact) mass is 267 g/mol. The van der Waals surface area contributed by atoms with Gasteiger partial charge in [0.25, 0.3) is 5.69 Å². The van der Waals surface area contributed by atoms with Gasteiger partial charge in [-0.05, 0) is 13.0 Å². The highest BCUT2D eigenvalue weighted by Crippen LogP contribution is 2.23. The molecule has 1 aromatic rings. The Balaban J connectivity index is 2.67. The zero-order valence-electron chi connectivity index (χ0n) is 10.9. The summed E-state index contributed by atoms with van der Waals surface area (Å²) in [5.41, 5.74) is 0.636. The van der Waals surface area contributed by atoms with E-state index in [-0.39, 0.29) is 18.1 Å². The van der Waals surface area contributed by atoms with Crippen molar-refractivity contribution in [3.05, 3.63) is 33.9 Å². The molecule has 0 saturated heterocycles. The second-order valence-electron chi connectivity index (χ2n) is 3.81. The number of methoxy groups -OCH3 is 1. The van der Waals surface area contributed by atoms with Crippen LogP contribution in [0.1, 0.15) is 12.5 Å². The first-order valence-corrected chi connectivity index (χ1v) is 5.87. The van der Waals surface area contributed by atoms with Crippen molar-refractivity contribution in [3.8, 4) is 5.75 Å². The number of nitrogens with zero attached hydrogens (tertiary/aromatic N) is 1. The molecule has 0 spiro atoms. The molecule has 19 heavy (non-hydrogen) atoms. The maximum atomic E-state index is 11.2. The van der Waals surface area contributed by atoms with Gasteiger partial charge in [0, 0.05) is 30.8 Å². The first-order chi connectivity index (χ1) is 9.08. The SMILES string of the molecule is CCNC(=O)CNCc1cc([N+](=O)[O-])ccc1OC. The lowest BCUT2D eigenvalue weighted by Crippen LogP contribution is -2.33. The quantitative estimate of drug-likeness (QED) is 0.563. The molecule has 1 aromatic carbocycles. The molecule has 0 radical (unpaired) electrons. The molecule has 0 aliphatic rings. The zero-order chi connectivity index (χ0) is 14.3. The number of nitrogens with one attached hydrogen (secondary N) is 2. The van der Waals surface area contributed by atoms with Crippen LogP contribution in [0, 0.1) is 10.1 Å². The third-order valence-electron chi connectivity index (χ3n) is 2.45. The summed E-state index contributed by atoms with van der Waals surface area (Å²) in [7, 11) is 1.49. The first kappa shape index (κ1) is 14.9. The lowest BCUT2D eigenvalue weighted by Gasteiger charge is -2.09. The van der Waals surface area contributed by atoms with Crippen LogP contribution in [0.3, 0.4) is 0 Å². The number of non-ortho nitro benzene ring substituents is 1. The third-order valence-corrected chi connectivity index (χ3v) is 2.45. The van der Waals surface area contributed by atoms with Crippen molar-refractivity contribution >= 4 is 11.6 Å². The molecule has 2 N–H and O–H groups in total. The number of benzene rings is 1. The Bertz CT molecular complexity index is 462. The minimum atomic E-state index is -0.466. The molecule has 7 nitrogen and oxygen atoms in total. The van der Waals surface area contributed by atoms with Gasteiger partial charge in [0.05, 0.1) is 18.6 Å². The van der Waals surface area contributed by atoms with E-state index in [9.17, 15) is 14.9 Å². The Morgan fingerprint density at radius 1 is 1.47 bits per heavy atom. The highest BCUT2D eigenvalue weighted by atomic mass is 16.6. The summed E-state index contributed by atoms with van der Waals surface area (Å²) in [5, 5.41) is 16.3. The Kier molecular flexibility index (Phi) is 5.74. The average Bonchev–Trinajstić information content (AvgIpc) is 2.38. The highest BCUT2D eigenvalue weighted by Gasteiger charge is 2.11. The summed E-state index contributed by atoms with van der Waals surface area (Å²) in [5.74, 6) is 0.431. The van der Waals surface area contributed by atoms with Crippen molar-refractivity contribution < 1.29 is 14.5 Å². The van der Waals surface area contributed by atoms with Gasteiger partial charge in [0.1, 0.15) is 5.75 Å². The van der Waals surface area contributed by atoms with Crippen LogP contribution in [0.25, 0.3) is 0 Å². The van der Waals surface area contributed by atoms with Gasteiger partial charge in [0.15, 0.2) is 0 Å². The Morgan fingerprint density at radius 3 is 2.79 bits per heavy atom. The molecule has 1 rings (SSSR count). The number of carbonyl (C=O) groups is 1. The van der Waals surface area contributed by atoms with E-state index in [1.807, 2.05) is 6.92 Å². The predicted octanol–water partition coefficient (Wildman–Crippen LogP) is 0.829. The molecular weight excluding hydrogens is 250 g/mol. The van der Waals surface area contributed by atoms with Crippen molar-refractivity contribution in [2.24, 2.45) is 0 Å². The first-order valence-electron chi connectivity index (χ1n) is 5.87. The van der Waals surface area contributed by atoms with Gasteiger partial charge in [-0.15, -0.1) is 0 Å². The van der Waals surface area contributed by atoms with Gasteiger partial charge in [-0.2, -0.15) is 0 Å². The summed E-state index contributed by atoms with van der Waals surface area (Å²) in [6.45, 7) is 2.88. The minimum Gasteiger partial charge on any atom is -0.496 e. The van der Waals surface area contributed by atoms with Crippen molar-refractivity contribution in [3.63, 3.8) is 0 Å². The number of amides is 1. The molecule has 0 aliphatic heterocycles. The van der Waals surface area contributed by atoms with Crippen molar-refractivity contribution in [1.82, 2.24) is 10.6 Å². The summed E-state index contributed by atoms with van der Waals surface area (Å²) in [4.78, 5) is 21.5. The van der Waals surface area contributed by atoms with Crippen LogP contribution < -0.4 is 15.4 Å². The molecule has 0 fully saturated rings.